The van der Waals surface area contributed by atoms with Gasteiger partial charge in [0.05, 0.1) is 0 Å². The molecule has 0 amide bonds. The normalized spacial score (nSPS) is 15.7. The van der Waals surface area contributed by atoms with Crippen LogP contribution < -0.4 is 3.32 Å². The van der Waals surface area contributed by atoms with E-state index in [0.717, 1.165) is 5.75 Å². The fraction of sp³-hybridized carbons (Fsp3) is 0.143. The van der Waals surface area contributed by atoms with Gasteiger partial charge in [0, 0.05) is 0 Å². The zero-order valence-corrected chi connectivity index (χ0v) is 19.6. The fourth-order valence-electron chi connectivity index (χ4n) is 3.72. The molecule has 4 rings (SSSR count). The van der Waals surface area contributed by atoms with E-state index >= 15 is 0 Å². The number of halogens is 2. The number of rotatable bonds is 3. The third-order valence-corrected chi connectivity index (χ3v) is 12.6. The second-order valence-electron chi connectivity index (χ2n) is 7.74. The quantitative estimate of drug-likeness (QED) is 0.450. The Morgan fingerprint density at radius 1 is 0.846 bits per heavy atom. The van der Waals surface area contributed by atoms with Crippen LogP contribution in [0.3, 0.4) is 0 Å². The first-order valence-corrected chi connectivity index (χ1v) is 17.1. The molecule has 0 fully saturated rings. The van der Waals surface area contributed by atoms with Crippen molar-refractivity contribution >= 4 is 49.3 Å². The molecule has 136 valence electrons. The van der Waals surface area contributed by atoms with Crippen LogP contribution in [0.2, 0.25) is 10.5 Å². The molecule has 1 unspecified atom stereocenters. The summed E-state index contributed by atoms with van der Waals surface area (Å²) in [6.07, 6.45) is 4.61. The van der Waals surface area contributed by atoms with Crippen molar-refractivity contribution in [3.05, 3.63) is 83.9 Å². The van der Waals surface area contributed by atoms with Crippen LogP contribution in [0.5, 0.6) is 5.75 Å². The van der Waals surface area contributed by atoms with Gasteiger partial charge in [-0.1, -0.05) is 0 Å². The maximum absolute atomic E-state index is 6.79. The molecule has 3 aromatic carbocycles. The van der Waals surface area contributed by atoms with E-state index in [0.29, 0.717) is 4.22 Å². The van der Waals surface area contributed by atoms with E-state index < -0.39 is 14.4 Å². The van der Waals surface area contributed by atoms with E-state index in [4.69, 9.17) is 3.32 Å². The second kappa shape index (κ2) is 7.54. The predicted octanol–water partition coefficient (Wildman–Crippen LogP) is 6.08. The van der Waals surface area contributed by atoms with Crippen molar-refractivity contribution in [2.45, 2.75) is 14.7 Å². The van der Waals surface area contributed by atoms with Gasteiger partial charge in [0.25, 0.3) is 0 Å². The summed E-state index contributed by atoms with van der Waals surface area (Å²) >= 11 is -3.18. The predicted molar refractivity (Wildman–Crippen MR) is 118 cm³/mol. The number of hydrogen-bond acceptors (Lipinski definition) is 1. The molecule has 1 nitrogen and oxygen atoms in total. The molecular formula is C21H24Cl2OSiTi. The van der Waals surface area contributed by atoms with Gasteiger partial charge in [0.2, 0.25) is 0 Å². The average molecular weight is 439 g/mol. The van der Waals surface area contributed by atoms with Crippen molar-refractivity contribution in [2.24, 2.45) is 0 Å². The van der Waals surface area contributed by atoms with E-state index in [-0.39, 0.29) is 24.8 Å². The van der Waals surface area contributed by atoms with Gasteiger partial charge in [-0.2, -0.15) is 0 Å². The second-order valence-corrected chi connectivity index (χ2v) is 26.0. The minimum atomic E-state index is -3.18. The molecule has 0 aliphatic heterocycles. The van der Waals surface area contributed by atoms with E-state index in [1.54, 1.807) is 0 Å². The zero-order chi connectivity index (χ0) is 16.8. The summed E-state index contributed by atoms with van der Waals surface area (Å²) < 4.78 is 7.21. The number of hydrogen-bond donors (Lipinski definition) is 0. The molecular weight excluding hydrogens is 415 g/mol. The standard InChI is InChI=1S/C10H8O.C9H7.2CH3.2ClH.H2Si.Ti/c11-10-6-5-8-3-1-2-4-9(8)7-10;1-2-5-9-7-3-6-8(9)4-1;;;;;;/h1-7,11H;1-7H;2*1H3;2*1H;1H2;/q;;;;;;;+1/p-1. The summed E-state index contributed by atoms with van der Waals surface area (Å²) in [7, 11) is 2.12. The first-order valence-electron chi connectivity index (χ1n) is 8.44. The monoisotopic (exact) mass is 438 g/mol. The van der Waals surface area contributed by atoms with Crippen LogP contribution >= 0.6 is 24.8 Å². The van der Waals surface area contributed by atoms with E-state index in [1.807, 2.05) is 0 Å². The van der Waals surface area contributed by atoms with Crippen molar-refractivity contribution in [1.29, 1.82) is 0 Å². The summed E-state index contributed by atoms with van der Waals surface area (Å²) in [5.41, 5.74) is 2.77. The Hall–Kier alpha value is -1.03. The molecule has 0 aromatic heterocycles. The maximum atomic E-state index is 6.79. The Morgan fingerprint density at radius 2 is 1.50 bits per heavy atom. The van der Waals surface area contributed by atoms with Gasteiger partial charge in [0.15, 0.2) is 0 Å². The molecule has 1 atom stereocenters. The molecule has 1 aliphatic rings. The third kappa shape index (κ3) is 3.95. The summed E-state index contributed by atoms with van der Waals surface area (Å²) in [4.78, 5) is 0. The van der Waals surface area contributed by atoms with Gasteiger partial charge in [-0.25, -0.2) is 0 Å². The number of allylic oxidation sites excluding steroid dienone is 1. The Labute approximate surface area is 170 Å². The van der Waals surface area contributed by atoms with E-state index in [1.165, 1.54) is 21.9 Å². The molecule has 0 heterocycles. The van der Waals surface area contributed by atoms with Gasteiger partial charge < -0.3 is 0 Å². The van der Waals surface area contributed by atoms with Gasteiger partial charge >= 0.3 is 147 Å². The molecule has 1 aliphatic carbocycles. The third-order valence-electron chi connectivity index (χ3n) is 4.94. The Balaban J connectivity index is 0.00000121. The first-order chi connectivity index (χ1) is 11.4. The van der Waals surface area contributed by atoms with Crippen molar-refractivity contribution in [3.8, 4) is 5.75 Å². The van der Waals surface area contributed by atoms with Crippen LogP contribution in [0.1, 0.15) is 15.3 Å². The summed E-state index contributed by atoms with van der Waals surface area (Å²) in [5, 5.41) is 7.28. The topological polar surface area (TPSA) is 9.23 Å². The van der Waals surface area contributed by atoms with E-state index in [9.17, 15) is 0 Å². The Kier molecular flexibility index (Phi) is 6.17. The van der Waals surface area contributed by atoms with Crippen LogP contribution in [-0.4, -0.2) is 7.63 Å². The average Bonchev–Trinajstić information content (AvgIpc) is 2.99. The van der Waals surface area contributed by atoms with E-state index in [2.05, 4.69) is 97.0 Å². The molecule has 26 heavy (non-hydrogen) atoms. The zero-order valence-electron chi connectivity index (χ0n) is 15.0. The summed E-state index contributed by atoms with van der Waals surface area (Å²) in [6.45, 7) is 0. The van der Waals surface area contributed by atoms with Gasteiger partial charge in [0.1, 0.15) is 0 Å². The Bertz CT molecular complexity index is 1040. The van der Waals surface area contributed by atoms with Crippen molar-refractivity contribution in [3.63, 3.8) is 0 Å². The molecule has 3 aromatic rings. The van der Waals surface area contributed by atoms with Crippen molar-refractivity contribution in [1.82, 2.24) is 0 Å². The molecule has 0 saturated carbocycles. The van der Waals surface area contributed by atoms with Gasteiger partial charge in [-0.05, 0) is 0 Å². The van der Waals surface area contributed by atoms with Crippen LogP contribution in [-0.2, 0) is 14.4 Å². The fourth-order valence-corrected chi connectivity index (χ4v) is 10.5. The summed E-state index contributed by atoms with van der Waals surface area (Å²) in [5.74, 6) is 1.00. The van der Waals surface area contributed by atoms with Crippen LogP contribution in [0, 0.1) is 0 Å². The van der Waals surface area contributed by atoms with Crippen LogP contribution in [0.4, 0.5) is 0 Å². The van der Waals surface area contributed by atoms with Gasteiger partial charge in [-0.3, -0.25) is 0 Å². The van der Waals surface area contributed by atoms with Crippen molar-refractivity contribution < 1.29 is 17.7 Å². The number of fused-ring (bicyclic) bond motifs is 2. The SMILES string of the molecule is Cl.Cl.[CH3][Ti]([CH3])(=[SiH2])([O]c1ccc2ccccc2c1)[CH]1C=Cc2ccccc21. The Morgan fingerprint density at radius 3 is 2.27 bits per heavy atom. The molecule has 0 spiro atoms. The molecule has 5 heteroatoms. The molecule has 0 N–H and O–H groups in total. The van der Waals surface area contributed by atoms with Crippen molar-refractivity contribution in [2.75, 3.05) is 0 Å². The molecule has 0 radical (unpaired) electrons. The summed E-state index contributed by atoms with van der Waals surface area (Å²) in [6, 6.07) is 23.6. The first kappa shape index (κ1) is 21.3. The van der Waals surface area contributed by atoms with Crippen LogP contribution in [0.15, 0.2) is 72.8 Å². The molecule has 0 bridgehead atoms. The molecule has 0 saturated heterocycles. The number of benzene rings is 3. The van der Waals surface area contributed by atoms with Gasteiger partial charge in [-0.15, -0.1) is 24.8 Å². The van der Waals surface area contributed by atoms with Crippen LogP contribution in [0.25, 0.3) is 16.8 Å². The minimum absolute atomic E-state index is 0.